The maximum atomic E-state index is 12.5. The monoisotopic (exact) mass is 406 g/mol. The molecule has 0 saturated carbocycles. The van der Waals surface area contributed by atoms with Gasteiger partial charge in [-0.25, -0.2) is 0 Å². The van der Waals surface area contributed by atoms with Crippen LogP contribution in [0.1, 0.15) is 41.7 Å². The highest BCUT2D eigenvalue weighted by Gasteiger charge is 2.59. The van der Waals surface area contributed by atoms with Crippen molar-refractivity contribution in [2.75, 3.05) is 11.4 Å². The van der Waals surface area contributed by atoms with Crippen LogP contribution >= 0.6 is 0 Å². The van der Waals surface area contributed by atoms with E-state index in [4.69, 9.17) is 0 Å². The standard InChI is InChI=1S/C28H26N2O/c1-18-8-11-25-24(14-18)27(2,3)28(29-26(31)17-30(25)28)13-12-19-9-10-23-21(15-19)16-20-6-4-5-7-22(20)23/h4-15H,16-17H2,1-3H3,(H,29,31)/b13-12+/t28-/m1/s1. The van der Waals surface area contributed by atoms with Crippen molar-refractivity contribution in [2.45, 2.75) is 38.3 Å². The van der Waals surface area contributed by atoms with E-state index in [1.807, 2.05) is 0 Å². The second kappa shape index (κ2) is 6.10. The van der Waals surface area contributed by atoms with Gasteiger partial charge in [-0.15, -0.1) is 0 Å². The van der Waals surface area contributed by atoms with Crippen molar-refractivity contribution < 1.29 is 4.79 Å². The molecule has 1 atom stereocenters. The smallest absolute Gasteiger partial charge is 0.241 e. The molecule has 1 fully saturated rings. The zero-order valence-electron chi connectivity index (χ0n) is 18.2. The number of hydrogen-bond acceptors (Lipinski definition) is 2. The van der Waals surface area contributed by atoms with Crippen molar-refractivity contribution in [3.8, 4) is 11.1 Å². The Kier molecular flexibility index (Phi) is 3.63. The number of hydrogen-bond donors (Lipinski definition) is 1. The first-order valence-electron chi connectivity index (χ1n) is 11.0. The Morgan fingerprint density at radius 2 is 1.77 bits per heavy atom. The summed E-state index contributed by atoms with van der Waals surface area (Å²) < 4.78 is 0. The summed E-state index contributed by atoms with van der Waals surface area (Å²) in [5.74, 6) is 0.0772. The number of nitrogens with one attached hydrogen (secondary N) is 1. The lowest BCUT2D eigenvalue weighted by atomic mass is 9.75. The largest absolute Gasteiger partial charge is 0.335 e. The number of rotatable bonds is 2. The van der Waals surface area contributed by atoms with E-state index in [2.05, 4.69) is 104 Å². The molecule has 6 rings (SSSR count). The minimum atomic E-state index is -0.553. The zero-order valence-corrected chi connectivity index (χ0v) is 18.2. The summed E-state index contributed by atoms with van der Waals surface area (Å²) in [6.07, 6.45) is 5.37. The lowest BCUT2D eigenvalue weighted by molar-refractivity contribution is -0.118. The van der Waals surface area contributed by atoms with Crippen LogP contribution in [0.15, 0.2) is 66.7 Å². The van der Waals surface area contributed by atoms with E-state index < -0.39 is 5.66 Å². The molecule has 0 unspecified atom stereocenters. The van der Waals surface area contributed by atoms with E-state index in [0.717, 1.165) is 12.1 Å². The van der Waals surface area contributed by atoms with Gasteiger partial charge < -0.3 is 10.2 Å². The van der Waals surface area contributed by atoms with E-state index in [1.54, 1.807) is 0 Å². The SMILES string of the molecule is Cc1ccc2c(c1)C(C)(C)[C@]1(/C=C/c3ccc4c(c3)Cc3ccccc3-4)NC(=O)CN21. The van der Waals surface area contributed by atoms with E-state index in [9.17, 15) is 4.79 Å². The molecule has 3 aliphatic rings. The second-order valence-corrected chi connectivity index (χ2v) is 9.63. The lowest BCUT2D eigenvalue weighted by Crippen LogP contribution is -2.58. The molecule has 0 aromatic heterocycles. The van der Waals surface area contributed by atoms with Crippen LogP contribution in [-0.4, -0.2) is 18.1 Å². The van der Waals surface area contributed by atoms with Crippen LogP contribution in [0.25, 0.3) is 17.2 Å². The summed E-state index contributed by atoms with van der Waals surface area (Å²) >= 11 is 0. The van der Waals surface area contributed by atoms with E-state index >= 15 is 0 Å². The number of fused-ring (bicyclic) bond motifs is 6. The Bertz CT molecular complexity index is 1290. The van der Waals surface area contributed by atoms with E-state index in [1.165, 1.54) is 38.9 Å². The van der Waals surface area contributed by atoms with Crippen LogP contribution in [0.2, 0.25) is 0 Å². The molecule has 3 aromatic rings. The average Bonchev–Trinajstić information content (AvgIpc) is 3.34. The molecule has 0 bridgehead atoms. The second-order valence-electron chi connectivity index (χ2n) is 9.63. The van der Waals surface area contributed by atoms with Gasteiger partial charge in [-0.3, -0.25) is 4.79 Å². The van der Waals surface area contributed by atoms with Crippen molar-refractivity contribution in [3.63, 3.8) is 0 Å². The topological polar surface area (TPSA) is 32.3 Å². The molecular formula is C28H26N2O. The molecule has 1 amide bonds. The summed E-state index contributed by atoms with van der Waals surface area (Å²) in [6.45, 7) is 6.99. The average molecular weight is 407 g/mol. The summed E-state index contributed by atoms with van der Waals surface area (Å²) in [7, 11) is 0. The lowest BCUT2D eigenvalue weighted by Gasteiger charge is -2.40. The van der Waals surface area contributed by atoms with Crippen LogP contribution in [0.4, 0.5) is 5.69 Å². The number of nitrogens with zero attached hydrogens (tertiary/aromatic N) is 1. The number of carbonyl (C=O) groups is 1. The van der Waals surface area contributed by atoms with Crippen LogP contribution in [0.5, 0.6) is 0 Å². The maximum Gasteiger partial charge on any atom is 0.241 e. The highest BCUT2D eigenvalue weighted by Crippen LogP contribution is 2.53. The van der Waals surface area contributed by atoms with Crippen molar-refractivity contribution in [1.82, 2.24) is 5.32 Å². The van der Waals surface area contributed by atoms with Crippen LogP contribution in [0, 0.1) is 6.92 Å². The zero-order chi connectivity index (χ0) is 21.4. The molecule has 0 radical (unpaired) electrons. The first-order valence-corrected chi connectivity index (χ1v) is 11.0. The van der Waals surface area contributed by atoms with Gasteiger partial charge in [-0.05, 0) is 58.9 Å². The Hall–Kier alpha value is -3.33. The van der Waals surface area contributed by atoms with Crippen molar-refractivity contribution >= 4 is 17.7 Å². The van der Waals surface area contributed by atoms with Crippen LogP contribution in [0.3, 0.4) is 0 Å². The third-order valence-corrected chi connectivity index (χ3v) is 7.46. The molecule has 1 aliphatic carbocycles. The molecule has 3 nitrogen and oxygen atoms in total. The van der Waals surface area contributed by atoms with Gasteiger partial charge in [0.2, 0.25) is 5.91 Å². The predicted octanol–water partition coefficient (Wildman–Crippen LogP) is 5.20. The number of benzene rings is 3. The Morgan fingerprint density at radius 3 is 2.65 bits per heavy atom. The van der Waals surface area contributed by atoms with Gasteiger partial charge in [0.1, 0.15) is 5.66 Å². The maximum absolute atomic E-state index is 12.5. The fourth-order valence-electron chi connectivity index (χ4n) is 5.77. The highest BCUT2D eigenvalue weighted by atomic mass is 16.2. The number of anilines is 1. The molecule has 3 heteroatoms. The van der Waals surface area contributed by atoms with Gasteiger partial charge in [0.15, 0.2) is 0 Å². The summed E-state index contributed by atoms with van der Waals surface area (Å²) in [5.41, 5.74) is 9.53. The molecular weight excluding hydrogens is 380 g/mol. The first kappa shape index (κ1) is 18.4. The molecule has 3 aromatic carbocycles. The molecule has 1 N–H and O–H groups in total. The Morgan fingerprint density at radius 1 is 0.968 bits per heavy atom. The van der Waals surface area contributed by atoms with Gasteiger partial charge in [-0.2, -0.15) is 0 Å². The Labute approximate surface area is 183 Å². The number of amides is 1. The van der Waals surface area contributed by atoms with Crippen molar-refractivity contribution in [3.05, 3.63) is 94.6 Å². The van der Waals surface area contributed by atoms with Gasteiger partial charge in [0.05, 0.1) is 6.54 Å². The van der Waals surface area contributed by atoms with Gasteiger partial charge in [0.25, 0.3) is 0 Å². The third kappa shape index (κ3) is 2.43. The summed E-state index contributed by atoms with van der Waals surface area (Å²) in [6, 6.07) is 21.9. The van der Waals surface area contributed by atoms with E-state index in [0.29, 0.717) is 6.54 Å². The Balaban J connectivity index is 1.41. The number of carbonyl (C=O) groups excluding carboxylic acids is 1. The molecule has 1 saturated heterocycles. The normalized spacial score (nSPS) is 22.3. The van der Waals surface area contributed by atoms with Crippen LogP contribution < -0.4 is 10.2 Å². The minimum absolute atomic E-state index is 0.0772. The molecule has 31 heavy (non-hydrogen) atoms. The summed E-state index contributed by atoms with van der Waals surface area (Å²) in [5, 5.41) is 3.32. The quantitative estimate of drug-likeness (QED) is 0.496. The van der Waals surface area contributed by atoms with Gasteiger partial charge in [0, 0.05) is 11.1 Å². The van der Waals surface area contributed by atoms with E-state index in [-0.39, 0.29) is 11.3 Å². The molecule has 2 heterocycles. The van der Waals surface area contributed by atoms with Gasteiger partial charge >= 0.3 is 0 Å². The fraction of sp³-hybridized carbons (Fsp3) is 0.250. The van der Waals surface area contributed by atoms with Crippen molar-refractivity contribution in [1.29, 1.82) is 0 Å². The number of aryl methyl sites for hydroxylation is 1. The minimum Gasteiger partial charge on any atom is -0.335 e. The predicted molar refractivity (Wildman–Crippen MR) is 126 cm³/mol. The third-order valence-electron chi connectivity index (χ3n) is 7.46. The molecule has 0 spiro atoms. The molecule has 2 aliphatic heterocycles. The highest BCUT2D eigenvalue weighted by molar-refractivity contribution is 5.92. The molecule has 154 valence electrons. The first-order chi connectivity index (χ1) is 14.9. The van der Waals surface area contributed by atoms with Crippen molar-refractivity contribution in [2.24, 2.45) is 0 Å². The summed E-state index contributed by atoms with van der Waals surface area (Å²) in [4.78, 5) is 14.8. The van der Waals surface area contributed by atoms with Gasteiger partial charge in [-0.1, -0.05) is 80.1 Å². The van der Waals surface area contributed by atoms with Crippen LogP contribution in [-0.2, 0) is 16.6 Å². The fourth-order valence-corrected chi connectivity index (χ4v) is 5.77.